The Balaban J connectivity index is 1.52. The van der Waals surface area contributed by atoms with Crippen molar-refractivity contribution in [1.82, 2.24) is 19.9 Å². The maximum absolute atomic E-state index is 13.0. The summed E-state index contributed by atoms with van der Waals surface area (Å²) in [5.41, 5.74) is 1.85. The monoisotopic (exact) mass is 461 g/mol. The molecular weight excluding hydrogens is 443 g/mol. The molecule has 0 saturated carbocycles. The largest absolute Gasteiger partial charge is 0.482 e. The van der Waals surface area contributed by atoms with Gasteiger partial charge in [-0.2, -0.15) is 13.2 Å². The van der Waals surface area contributed by atoms with Crippen LogP contribution < -0.4 is 10.1 Å². The molecule has 0 aliphatic carbocycles. The Labute approximate surface area is 185 Å². The summed E-state index contributed by atoms with van der Waals surface area (Å²) < 4.78 is 47.0. The predicted molar refractivity (Wildman–Crippen MR) is 108 cm³/mol. The van der Waals surface area contributed by atoms with Crippen molar-refractivity contribution in [3.8, 4) is 5.75 Å². The van der Waals surface area contributed by atoms with Crippen molar-refractivity contribution in [3.05, 3.63) is 65.3 Å². The zero-order valence-electron chi connectivity index (χ0n) is 17.5. The molecule has 0 spiro atoms. The summed E-state index contributed by atoms with van der Waals surface area (Å²) in [4.78, 5) is 38.9. The van der Waals surface area contributed by atoms with Gasteiger partial charge in [0.05, 0.1) is 30.7 Å². The molecule has 0 aromatic carbocycles. The number of carbonyl (C=O) groups excluding carboxylic acids is 2. The smallest absolute Gasteiger partial charge is 0.422 e. The molecule has 3 aromatic rings. The van der Waals surface area contributed by atoms with E-state index in [0.29, 0.717) is 22.4 Å². The molecule has 172 valence electrons. The van der Waals surface area contributed by atoms with Crippen molar-refractivity contribution in [2.75, 3.05) is 11.9 Å². The van der Waals surface area contributed by atoms with Gasteiger partial charge in [0.15, 0.2) is 13.0 Å². The minimum absolute atomic E-state index is 0.00328. The summed E-state index contributed by atoms with van der Waals surface area (Å²) in [6, 6.07) is 2.64. The second kappa shape index (κ2) is 8.52. The number of nitrogens with one attached hydrogen (secondary N) is 1. The van der Waals surface area contributed by atoms with E-state index in [1.807, 2.05) is 0 Å². The number of alkyl halides is 3. The standard InChI is InChI=1S/C21H18F3N5O4/c1-11-5-15(27-7-16(11)32-9-21(22,23)24)12(2)29-8-14-13(20(29)31)3-4-26-18(14)28-19(30)17-6-25-10-33-17/h3-7,10,12H,8-9H2,1-2H3,(H,26,28,30). The van der Waals surface area contributed by atoms with Crippen molar-refractivity contribution in [3.63, 3.8) is 0 Å². The van der Waals surface area contributed by atoms with Crippen molar-refractivity contribution < 1.29 is 31.9 Å². The zero-order valence-corrected chi connectivity index (χ0v) is 17.5. The van der Waals surface area contributed by atoms with Crippen molar-refractivity contribution in [2.24, 2.45) is 0 Å². The Kier molecular flexibility index (Phi) is 5.75. The predicted octanol–water partition coefficient (Wildman–Crippen LogP) is 3.68. The molecule has 0 radical (unpaired) electrons. The first-order valence-electron chi connectivity index (χ1n) is 9.79. The highest BCUT2D eigenvalue weighted by Crippen LogP contribution is 2.34. The molecule has 2 amide bonds. The van der Waals surface area contributed by atoms with Crippen LogP contribution in [-0.4, -0.2) is 44.4 Å². The maximum atomic E-state index is 13.0. The molecule has 3 aromatic heterocycles. The molecule has 0 bridgehead atoms. The number of amides is 2. The van der Waals surface area contributed by atoms with Crippen LogP contribution >= 0.6 is 0 Å². The van der Waals surface area contributed by atoms with Crippen LogP contribution in [0.15, 0.2) is 41.5 Å². The number of hydrogen-bond donors (Lipinski definition) is 1. The number of hydrogen-bond acceptors (Lipinski definition) is 7. The van der Waals surface area contributed by atoms with Gasteiger partial charge in [0.25, 0.3) is 11.8 Å². The fourth-order valence-corrected chi connectivity index (χ4v) is 3.43. The molecule has 12 heteroatoms. The lowest BCUT2D eigenvalue weighted by atomic mass is 10.1. The Hall–Kier alpha value is -3.96. The van der Waals surface area contributed by atoms with E-state index in [4.69, 9.17) is 9.15 Å². The lowest BCUT2D eigenvalue weighted by molar-refractivity contribution is -0.153. The third-order valence-electron chi connectivity index (χ3n) is 5.13. The number of oxazole rings is 1. The molecule has 33 heavy (non-hydrogen) atoms. The second-order valence-corrected chi connectivity index (χ2v) is 7.39. The minimum atomic E-state index is -4.46. The third-order valence-corrected chi connectivity index (χ3v) is 5.13. The van der Waals surface area contributed by atoms with Gasteiger partial charge in [0.2, 0.25) is 5.76 Å². The van der Waals surface area contributed by atoms with E-state index in [1.54, 1.807) is 26.0 Å². The topological polar surface area (TPSA) is 110 Å². The number of nitrogens with zero attached hydrogens (tertiary/aromatic N) is 4. The van der Waals surface area contributed by atoms with E-state index < -0.39 is 24.7 Å². The Morgan fingerprint density at radius 3 is 2.79 bits per heavy atom. The molecule has 9 nitrogen and oxygen atoms in total. The van der Waals surface area contributed by atoms with Gasteiger partial charge in [-0.15, -0.1) is 0 Å². The lowest BCUT2D eigenvalue weighted by Gasteiger charge is -2.24. The Bertz CT molecular complexity index is 1200. The molecule has 1 aliphatic rings. The second-order valence-electron chi connectivity index (χ2n) is 7.39. The normalized spacial score (nSPS) is 14.2. The van der Waals surface area contributed by atoms with E-state index >= 15 is 0 Å². The first kappa shape index (κ1) is 22.2. The van der Waals surface area contributed by atoms with Crippen LogP contribution in [0.3, 0.4) is 0 Å². The van der Waals surface area contributed by atoms with Crippen LogP contribution in [-0.2, 0) is 6.54 Å². The van der Waals surface area contributed by atoms with E-state index in [0.717, 1.165) is 6.39 Å². The lowest BCUT2D eigenvalue weighted by Crippen LogP contribution is -2.28. The molecule has 1 N–H and O–H groups in total. The summed E-state index contributed by atoms with van der Waals surface area (Å²) in [5, 5.41) is 2.62. The molecule has 4 heterocycles. The van der Waals surface area contributed by atoms with E-state index in [-0.39, 0.29) is 29.8 Å². The molecule has 1 unspecified atom stereocenters. The highest BCUT2D eigenvalue weighted by molar-refractivity contribution is 6.05. The third kappa shape index (κ3) is 4.64. The minimum Gasteiger partial charge on any atom is -0.482 e. The SMILES string of the molecule is Cc1cc(C(C)N2Cc3c(ccnc3NC(=O)c3cnco3)C2=O)ncc1OCC(F)(F)F. The van der Waals surface area contributed by atoms with Crippen LogP contribution in [0.2, 0.25) is 0 Å². The molecule has 4 rings (SSSR count). The summed E-state index contributed by atoms with van der Waals surface area (Å²) in [6.07, 6.45) is 0.551. The fourth-order valence-electron chi connectivity index (χ4n) is 3.43. The summed E-state index contributed by atoms with van der Waals surface area (Å²) >= 11 is 0. The average Bonchev–Trinajstić information content (AvgIpc) is 3.41. The first-order chi connectivity index (χ1) is 15.6. The molecule has 1 atom stereocenters. The van der Waals surface area contributed by atoms with Gasteiger partial charge >= 0.3 is 6.18 Å². The number of halogens is 3. The van der Waals surface area contributed by atoms with Gasteiger partial charge in [0, 0.05) is 17.3 Å². The van der Waals surface area contributed by atoms with Gasteiger partial charge in [-0.1, -0.05) is 0 Å². The van der Waals surface area contributed by atoms with Crippen LogP contribution in [0, 0.1) is 6.92 Å². The number of pyridine rings is 2. The summed E-state index contributed by atoms with van der Waals surface area (Å²) in [5.74, 6) is -0.611. The number of fused-ring (bicyclic) bond motifs is 1. The first-order valence-corrected chi connectivity index (χ1v) is 9.79. The van der Waals surface area contributed by atoms with Crippen LogP contribution in [0.1, 0.15) is 50.7 Å². The number of carbonyl (C=O) groups is 2. The Morgan fingerprint density at radius 1 is 1.33 bits per heavy atom. The maximum Gasteiger partial charge on any atom is 0.422 e. The van der Waals surface area contributed by atoms with Crippen LogP contribution in [0.5, 0.6) is 5.75 Å². The summed E-state index contributed by atoms with van der Waals surface area (Å²) in [7, 11) is 0. The Morgan fingerprint density at radius 2 is 2.12 bits per heavy atom. The van der Waals surface area contributed by atoms with Gasteiger partial charge in [-0.25, -0.2) is 9.97 Å². The highest BCUT2D eigenvalue weighted by Gasteiger charge is 2.35. The zero-order chi connectivity index (χ0) is 23.8. The molecule has 0 fully saturated rings. The molecular formula is C21H18F3N5O4. The van der Waals surface area contributed by atoms with Crippen molar-refractivity contribution in [2.45, 2.75) is 32.6 Å². The van der Waals surface area contributed by atoms with Crippen LogP contribution in [0.4, 0.5) is 19.0 Å². The van der Waals surface area contributed by atoms with Gasteiger partial charge < -0.3 is 19.4 Å². The molecule has 0 saturated heterocycles. The van der Waals surface area contributed by atoms with Gasteiger partial charge in [-0.05, 0) is 31.5 Å². The van der Waals surface area contributed by atoms with E-state index in [9.17, 15) is 22.8 Å². The number of aryl methyl sites for hydroxylation is 1. The van der Waals surface area contributed by atoms with E-state index in [1.165, 1.54) is 23.5 Å². The van der Waals surface area contributed by atoms with Gasteiger partial charge in [0.1, 0.15) is 11.6 Å². The summed E-state index contributed by atoms with van der Waals surface area (Å²) in [6.45, 7) is 2.09. The van der Waals surface area contributed by atoms with Crippen molar-refractivity contribution >= 4 is 17.6 Å². The van der Waals surface area contributed by atoms with E-state index in [2.05, 4.69) is 20.3 Å². The average molecular weight is 461 g/mol. The van der Waals surface area contributed by atoms with Gasteiger partial charge in [-0.3, -0.25) is 14.6 Å². The quantitative estimate of drug-likeness (QED) is 0.596. The highest BCUT2D eigenvalue weighted by atomic mass is 19.4. The number of aromatic nitrogens is 3. The number of ether oxygens (including phenoxy) is 1. The fraction of sp³-hybridized carbons (Fsp3) is 0.286. The van der Waals surface area contributed by atoms with Crippen LogP contribution in [0.25, 0.3) is 0 Å². The number of rotatable bonds is 6. The number of anilines is 1. The van der Waals surface area contributed by atoms with Crippen molar-refractivity contribution in [1.29, 1.82) is 0 Å². The molecule has 1 aliphatic heterocycles.